The second kappa shape index (κ2) is 5.37. The first kappa shape index (κ1) is 11.5. The van der Waals surface area contributed by atoms with Crippen LogP contribution in [0.4, 0.5) is 0 Å². The van der Waals surface area contributed by atoms with Crippen molar-refractivity contribution in [3.05, 3.63) is 24.3 Å². The van der Waals surface area contributed by atoms with E-state index in [1.807, 2.05) is 31.3 Å². The van der Waals surface area contributed by atoms with Crippen molar-refractivity contribution in [2.75, 3.05) is 12.8 Å². The Hall–Kier alpha value is -1.00. The highest BCUT2D eigenvalue weighted by atomic mass is 32.2. The van der Waals surface area contributed by atoms with Crippen LogP contribution in [0.15, 0.2) is 33.9 Å². The number of oxazole rings is 1. The van der Waals surface area contributed by atoms with E-state index in [-0.39, 0.29) is 0 Å². The average Bonchev–Trinajstić information content (AvgIpc) is 2.71. The predicted molar refractivity (Wildman–Crippen MR) is 67.9 cm³/mol. The lowest BCUT2D eigenvalue weighted by atomic mass is 10.3. The second-order valence-electron chi connectivity index (χ2n) is 3.77. The zero-order valence-electron chi connectivity index (χ0n) is 9.56. The fraction of sp³-hybridized carbons (Fsp3) is 0.417. The summed E-state index contributed by atoms with van der Waals surface area (Å²) in [6, 6.07) is 8.40. The number of aromatic nitrogens is 1. The van der Waals surface area contributed by atoms with Crippen molar-refractivity contribution in [3.63, 3.8) is 0 Å². The Morgan fingerprint density at radius 3 is 3.00 bits per heavy atom. The van der Waals surface area contributed by atoms with Gasteiger partial charge < -0.3 is 9.73 Å². The predicted octanol–water partition coefficient (Wildman–Crippen LogP) is 2.92. The molecule has 2 rings (SSSR count). The van der Waals surface area contributed by atoms with Crippen molar-refractivity contribution in [2.45, 2.75) is 24.6 Å². The molecule has 1 aromatic carbocycles. The van der Waals surface area contributed by atoms with Crippen molar-refractivity contribution >= 4 is 22.9 Å². The van der Waals surface area contributed by atoms with E-state index in [0.29, 0.717) is 6.04 Å². The van der Waals surface area contributed by atoms with Gasteiger partial charge in [0, 0.05) is 11.8 Å². The molecule has 0 radical (unpaired) electrons. The Kier molecular flexibility index (Phi) is 3.85. The summed E-state index contributed by atoms with van der Waals surface area (Å²) in [7, 11) is 1.98. The molecule has 0 bridgehead atoms. The molecule has 0 fully saturated rings. The minimum Gasteiger partial charge on any atom is -0.431 e. The third kappa shape index (κ3) is 2.77. The number of benzene rings is 1. The van der Waals surface area contributed by atoms with Gasteiger partial charge in [-0.2, -0.15) is 0 Å². The lowest BCUT2D eigenvalue weighted by Crippen LogP contribution is -2.21. The van der Waals surface area contributed by atoms with E-state index in [4.69, 9.17) is 4.42 Å². The summed E-state index contributed by atoms with van der Waals surface area (Å²) in [6.45, 7) is 2.17. The summed E-state index contributed by atoms with van der Waals surface area (Å²) in [4.78, 5) is 4.41. The van der Waals surface area contributed by atoms with Crippen molar-refractivity contribution < 1.29 is 4.42 Å². The lowest BCUT2D eigenvalue weighted by Gasteiger charge is -2.07. The largest absolute Gasteiger partial charge is 0.431 e. The highest BCUT2D eigenvalue weighted by Gasteiger charge is 2.06. The SMILES string of the molecule is CNC(C)CCSc1nc2ccccc2o1. The minimum absolute atomic E-state index is 0.539. The molecule has 1 N–H and O–H groups in total. The fourth-order valence-corrected chi connectivity index (χ4v) is 2.34. The van der Waals surface area contributed by atoms with Crippen LogP contribution in [0, 0.1) is 0 Å². The molecular weight excluding hydrogens is 220 g/mol. The average molecular weight is 236 g/mol. The fourth-order valence-electron chi connectivity index (χ4n) is 1.38. The number of thioether (sulfide) groups is 1. The number of hydrogen-bond donors (Lipinski definition) is 1. The monoisotopic (exact) mass is 236 g/mol. The molecule has 0 aliphatic heterocycles. The number of fused-ring (bicyclic) bond motifs is 1. The maximum absolute atomic E-state index is 5.61. The van der Waals surface area contributed by atoms with Crippen LogP contribution in [0.3, 0.4) is 0 Å². The van der Waals surface area contributed by atoms with Crippen molar-refractivity contribution in [2.24, 2.45) is 0 Å². The molecule has 16 heavy (non-hydrogen) atoms. The normalized spacial score (nSPS) is 13.1. The van der Waals surface area contributed by atoms with Crippen LogP contribution in [0.5, 0.6) is 0 Å². The molecule has 3 nitrogen and oxygen atoms in total. The number of rotatable bonds is 5. The third-order valence-corrected chi connectivity index (χ3v) is 3.40. The van der Waals surface area contributed by atoms with E-state index in [2.05, 4.69) is 17.2 Å². The van der Waals surface area contributed by atoms with Gasteiger partial charge in [-0.05, 0) is 32.5 Å². The Morgan fingerprint density at radius 2 is 2.25 bits per heavy atom. The highest BCUT2D eigenvalue weighted by molar-refractivity contribution is 7.99. The summed E-state index contributed by atoms with van der Waals surface area (Å²) < 4.78 is 5.61. The Labute approximate surface area is 99.6 Å². The first-order chi connectivity index (χ1) is 7.79. The van der Waals surface area contributed by atoms with Crippen LogP contribution in [-0.2, 0) is 0 Å². The van der Waals surface area contributed by atoms with Crippen LogP contribution in [0.1, 0.15) is 13.3 Å². The molecule has 2 aromatic rings. The summed E-state index contributed by atoms with van der Waals surface area (Å²) in [6.07, 6.45) is 1.11. The van der Waals surface area contributed by atoms with Gasteiger partial charge in [0.25, 0.3) is 5.22 Å². The quantitative estimate of drug-likeness (QED) is 0.810. The highest BCUT2D eigenvalue weighted by Crippen LogP contribution is 2.23. The Balaban J connectivity index is 1.94. The third-order valence-electron chi connectivity index (χ3n) is 2.54. The molecule has 1 unspecified atom stereocenters. The number of nitrogens with one attached hydrogen (secondary N) is 1. The van der Waals surface area contributed by atoms with Crippen LogP contribution in [0.2, 0.25) is 0 Å². The number of hydrogen-bond acceptors (Lipinski definition) is 4. The molecule has 1 aromatic heterocycles. The van der Waals surface area contributed by atoms with E-state index in [9.17, 15) is 0 Å². The molecule has 0 aliphatic carbocycles. The van der Waals surface area contributed by atoms with E-state index in [0.717, 1.165) is 28.5 Å². The standard InChI is InChI=1S/C12H16N2OS/c1-9(13-2)7-8-16-12-14-10-5-3-4-6-11(10)15-12/h3-6,9,13H,7-8H2,1-2H3. The molecular formula is C12H16N2OS. The first-order valence-corrected chi connectivity index (χ1v) is 6.44. The molecule has 1 atom stereocenters. The molecule has 86 valence electrons. The molecule has 0 amide bonds. The van der Waals surface area contributed by atoms with Crippen LogP contribution in [0.25, 0.3) is 11.1 Å². The molecule has 1 heterocycles. The van der Waals surface area contributed by atoms with Gasteiger partial charge in [-0.1, -0.05) is 23.9 Å². The smallest absolute Gasteiger partial charge is 0.256 e. The van der Waals surface area contributed by atoms with Gasteiger partial charge in [0.05, 0.1) is 0 Å². The van der Waals surface area contributed by atoms with E-state index in [1.54, 1.807) is 11.8 Å². The van der Waals surface area contributed by atoms with Gasteiger partial charge in [0.1, 0.15) is 5.52 Å². The van der Waals surface area contributed by atoms with Crippen molar-refractivity contribution in [3.8, 4) is 0 Å². The summed E-state index contributed by atoms with van der Waals surface area (Å²) in [5.41, 5.74) is 1.80. The van der Waals surface area contributed by atoms with Crippen LogP contribution >= 0.6 is 11.8 Å². The van der Waals surface area contributed by atoms with Crippen LogP contribution in [-0.4, -0.2) is 23.8 Å². The van der Waals surface area contributed by atoms with Crippen LogP contribution < -0.4 is 5.32 Å². The number of nitrogens with zero attached hydrogens (tertiary/aromatic N) is 1. The summed E-state index contributed by atoms with van der Waals surface area (Å²) in [5, 5.41) is 3.98. The van der Waals surface area contributed by atoms with Gasteiger partial charge in [0.15, 0.2) is 5.58 Å². The lowest BCUT2D eigenvalue weighted by molar-refractivity contribution is 0.488. The Morgan fingerprint density at radius 1 is 1.44 bits per heavy atom. The molecule has 0 saturated carbocycles. The Bertz CT molecular complexity index is 422. The molecule has 0 spiro atoms. The van der Waals surface area contributed by atoms with Gasteiger partial charge in [-0.3, -0.25) is 0 Å². The van der Waals surface area contributed by atoms with Gasteiger partial charge in [-0.25, -0.2) is 4.98 Å². The van der Waals surface area contributed by atoms with Crippen molar-refractivity contribution in [1.29, 1.82) is 0 Å². The summed E-state index contributed by atoms with van der Waals surface area (Å²) in [5.74, 6) is 1.02. The zero-order chi connectivity index (χ0) is 11.4. The second-order valence-corrected chi connectivity index (χ2v) is 4.82. The van der Waals surface area contributed by atoms with Crippen molar-refractivity contribution in [1.82, 2.24) is 10.3 Å². The topological polar surface area (TPSA) is 38.1 Å². The van der Waals surface area contributed by atoms with E-state index < -0.39 is 0 Å². The van der Waals surface area contributed by atoms with E-state index in [1.165, 1.54) is 0 Å². The molecule has 0 saturated heterocycles. The van der Waals surface area contributed by atoms with Gasteiger partial charge >= 0.3 is 0 Å². The number of para-hydroxylation sites is 2. The maximum atomic E-state index is 5.61. The summed E-state index contributed by atoms with van der Waals surface area (Å²) >= 11 is 1.67. The minimum atomic E-state index is 0.539. The van der Waals surface area contributed by atoms with E-state index >= 15 is 0 Å². The molecule has 4 heteroatoms. The zero-order valence-corrected chi connectivity index (χ0v) is 10.4. The maximum Gasteiger partial charge on any atom is 0.256 e. The van der Waals surface area contributed by atoms with Gasteiger partial charge in [-0.15, -0.1) is 0 Å². The first-order valence-electron chi connectivity index (χ1n) is 5.45. The molecule has 0 aliphatic rings. The van der Waals surface area contributed by atoms with Gasteiger partial charge in [0.2, 0.25) is 0 Å².